The average molecular weight is 462 g/mol. The van der Waals surface area contributed by atoms with Crippen LogP contribution in [0.2, 0.25) is 0 Å². The minimum atomic E-state index is -1.04. The molecule has 1 atom stereocenters. The summed E-state index contributed by atoms with van der Waals surface area (Å²) < 4.78 is 42.6. The number of rotatable bonds is 3. The molecule has 0 aliphatic carbocycles. The van der Waals surface area contributed by atoms with Crippen molar-refractivity contribution >= 4 is 17.2 Å². The normalized spacial score (nSPS) is 17.9. The van der Waals surface area contributed by atoms with Crippen LogP contribution in [0.1, 0.15) is 40.3 Å². The molecule has 2 aliphatic rings. The molecule has 4 heterocycles. The average Bonchev–Trinajstić information content (AvgIpc) is 3.21. The van der Waals surface area contributed by atoms with E-state index in [1.165, 1.54) is 6.20 Å². The van der Waals surface area contributed by atoms with Crippen molar-refractivity contribution in [2.45, 2.75) is 38.3 Å². The maximum Gasteiger partial charge on any atom is 0.274 e. The zero-order valence-electron chi connectivity index (χ0n) is 16.6. The van der Waals surface area contributed by atoms with Crippen molar-refractivity contribution in [2.75, 3.05) is 6.54 Å². The third-order valence-corrected chi connectivity index (χ3v) is 6.84. The minimum absolute atomic E-state index is 0.00657. The molecule has 166 valence electrons. The Balaban J connectivity index is 1.51. The number of carbonyl (C=O) groups is 1. The Bertz CT molecular complexity index is 1280. The zero-order chi connectivity index (χ0) is 22.6. The number of aromatic nitrogens is 3. The summed E-state index contributed by atoms with van der Waals surface area (Å²) >= 11 is 0.930. The molecule has 0 radical (unpaired) electrons. The quantitative estimate of drug-likeness (QED) is 0.646. The number of fused-ring (bicyclic) bond motifs is 2. The maximum atomic E-state index is 14.0. The number of benzene rings is 1. The topological polar surface area (TPSA) is 88.3 Å². The SMILES string of the molecule is O=C1c2c(O)c(=O)c(-c3nnc(Cc4c(F)cc(F)cc4F)s3)cn2C[C@H]2CCCCN12. The molecule has 0 bridgehead atoms. The maximum absolute atomic E-state index is 14.0. The van der Waals surface area contributed by atoms with Gasteiger partial charge in [0, 0.05) is 49.4 Å². The van der Waals surface area contributed by atoms with Gasteiger partial charge in [0.2, 0.25) is 5.43 Å². The predicted molar refractivity (Wildman–Crippen MR) is 109 cm³/mol. The molecule has 0 saturated carbocycles. The third kappa shape index (κ3) is 3.36. The van der Waals surface area contributed by atoms with Crippen LogP contribution in [0.15, 0.2) is 23.1 Å². The van der Waals surface area contributed by atoms with E-state index in [-0.39, 0.29) is 45.2 Å². The van der Waals surface area contributed by atoms with Gasteiger partial charge < -0.3 is 14.6 Å². The largest absolute Gasteiger partial charge is 0.503 e. The molecule has 0 spiro atoms. The van der Waals surface area contributed by atoms with Crippen LogP contribution in [0, 0.1) is 17.5 Å². The Hall–Kier alpha value is -3.21. The van der Waals surface area contributed by atoms with Gasteiger partial charge in [-0.3, -0.25) is 9.59 Å². The van der Waals surface area contributed by atoms with Gasteiger partial charge in [-0.05, 0) is 19.3 Å². The van der Waals surface area contributed by atoms with Gasteiger partial charge >= 0.3 is 0 Å². The molecule has 5 rings (SSSR count). The Kier molecular flexibility index (Phi) is 5.00. The fraction of sp³-hybridized carbons (Fsp3) is 0.333. The summed E-state index contributed by atoms with van der Waals surface area (Å²) in [6, 6.07) is 1.16. The summed E-state index contributed by atoms with van der Waals surface area (Å²) in [5.74, 6) is -4.13. The fourth-order valence-corrected chi connectivity index (χ4v) is 5.18. The first-order valence-corrected chi connectivity index (χ1v) is 10.9. The highest BCUT2D eigenvalue weighted by molar-refractivity contribution is 7.14. The molecule has 11 heteroatoms. The fourth-order valence-electron chi connectivity index (χ4n) is 4.32. The van der Waals surface area contributed by atoms with Crippen LogP contribution < -0.4 is 5.43 Å². The Morgan fingerprint density at radius 2 is 1.88 bits per heavy atom. The molecular formula is C21H17F3N4O3S. The molecule has 1 saturated heterocycles. The van der Waals surface area contributed by atoms with E-state index in [0.717, 1.165) is 30.6 Å². The second-order valence-corrected chi connectivity index (χ2v) is 8.96. The predicted octanol–water partition coefficient (Wildman–Crippen LogP) is 3.09. The highest BCUT2D eigenvalue weighted by Crippen LogP contribution is 2.32. The van der Waals surface area contributed by atoms with Gasteiger partial charge in [0.1, 0.15) is 22.5 Å². The van der Waals surface area contributed by atoms with Crippen LogP contribution in [0.3, 0.4) is 0 Å². The van der Waals surface area contributed by atoms with Crippen LogP contribution in [0.5, 0.6) is 5.75 Å². The summed E-state index contributed by atoms with van der Waals surface area (Å²) in [6.07, 6.45) is 3.92. The van der Waals surface area contributed by atoms with Crippen molar-refractivity contribution in [3.05, 3.63) is 62.3 Å². The monoisotopic (exact) mass is 462 g/mol. The number of hydrogen-bond donors (Lipinski definition) is 1. The number of piperidine rings is 1. The Morgan fingerprint density at radius 3 is 2.62 bits per heavy atom. The van der Waals surface area contributed by atoms with E-state index in [2.05, 4.69) is 10.2 Å². The van der Waals surface area contributed by atoms with Gasteiger partial charge in [-0.15, -0.1) is 10.2 Å². The Morgan fingerprint density at radius 1 is 1.12 bits per heavy atom. The number of hydrogen-bond acceptors (Lipinski definition) is 6. The molecule has 3 aromatic rings. The number of halogens is 3. The molecule has 1 amide bonds. The van der Waals surface area contributed by atoms with Crippen molar-refractivity contribution in [3.63, 3.8) is 0 Å². The van der Waals surface area contributed by atoms with Crippen molar-refractivity contribution < 1.29 is 23.1 Å². The summed E-state index contributed by atoms with van der Waals surface area (Å²) in [4.78, 5) is 27.4. The lowest BCUT2D eigenvalue weighted by atomic mass is 9.98. The van der Waals surface area contributed by atoms with E-state index in [9.17, 15) is 27.9 Å². The molecule has 0 unspecified atom stereocenters. The van der Waals surface area contributed by atoms with Gasteiger partial charge in [-0.1, -0.05) is 11.3 Å². The minimum Gasteiger partial charge on any atom is -0.503 e. The number of pyridine rings is 1. The zero-order valence-corrected chi connectivity index (χ0v) is 17.5. The summed E-state index contributed by atoms with van der Waals surface area (Å²) in [7, 11) is 0. The van der Waals surface area contributed by atoms with Crippen LogP contribution >= 0.6 is 11.3 Å². The number of aromatic hydroxyl groups is 1. The van der Waals surface area contributed by atoms with E-state index < -0.39 is 28.6 Å². The van der Waals surface area contributed by atoms with Gasteiger partial charge in [-0.2, -0.15) is 0 Å². The first-order chi connectivity index (χ1) is 15.3. The molecule has 1 fully saturated rings. The van der Waals surface area contributed by atoms with E-state index in [4.69, 9.17) is 0 Å². The number of amides is 1. The molecule has 1 N–H and O–H groups in total. The van der Waals surface area contributed by atoms with Crippen molar-refractivity contribution in [1.82, 2.24) is 19.7 Å². The Labute approximate surface area is 183 Å². The van der Waals surface area contributed by atoms with Crippen LogP contribution in [0.4, 0.5) is 13.2 Å². The van der Waals surface area contributed by atoms with Crippen molar-refractivity contribution in [1.29, 1.82) is 0 Å². The second-order valence-electron chi connectivity index (χ2n) is 7.90. The van der Waals surface area contributed by atoms with Gasteiger partial charge in [0.25, 0.3) is 5.91 Å². The highest BCUT2D eigenvalue weighted by Gasteiger charge is 2.37. The molecular weight excluding hydrogens is 445 g/mol. The summed E-state index contributed by atoms with van der Waals surface area (Å²) in [5.41, 5.74) is -1.12. The molecule has 7 nitrogen and oxygen atoms in total. The smallest absolute Gasteiger partial charge is 0.274 e. The number of nitrogens with zero attached hydrogens (tertiary/aromatic N) is 4. The lowest BCUT2D eigenvalue weighted by Crippen LogP contribution is -2.51. The molecule has 32 heavy (non-hydrogen) atoms. The van der Waals surface area contributed by atoms with Crippen LogP contribution in [-0.2, 0) is 13.0 Å². The first kappa shape index (κ1) is 20.7. The van der Waals surface area contributed by atoms with Crippen LogP contribution in [-0.4, -0.2) is 43.3 Å². The standard InChI is InChI=1S/C21H17F3N4O3S/c22-10-5-14(23)12(15(24)6-10)7-16-25-26-20(32-16)13-9-27-8-11-3-1-2-4-28(11)21(31)17(27)19(30)18(13)29/h5-6,9,11,30H,1-4,7-8H2/t11-/m1/s1. The van der Waals surface area contributed by atoms with E-state index in [0.29, 0.717) is 25.2 Å². The lowest BCUT2D eigenvalue weighted by molar-refractivity contribution is 0.0506. The first-order valence-electron chi connectivity index (χ1n) is 10.1. The molecule has 2 aromatic heterocycles. The van der Waals surface area contributed by atoms with E-state index >= 15 is 0 Å². The number of carbonyl (C=O) groups excluding carboxylic acids is 1. The summed E-state index contributed by atoms with van der Waals surface area (Å²) in [5, 5.41) is 18.7. The molecule has 1 aromatic carbocycles. The lowest BCUT2D eigenvalue weighted by Gasteiger charge is -2.40. The third-order valence-electron chi connectivity index (χ3n) is 5.89. The van der Waals surface area contributed by atoms with Gasteiger partial charge in [0.15, 0.2) is 16.5 Å². The second kappa shape index (κ2) is 7.73. The highest BCUT2D eigenvalue weighted by atomic mass is 32.1. The van der Waals surface area contributed by atoms with E-state index in [1.807, 2.05) is 0 Å². The van der Waals surface area contributed by atoms with Crippen molar-refractivity contribution in [2.24, 2.45) is 0 Å². The van der Waals surface area contributed by atoms with Crippen molar-refractivity contribution in [3.8, 4) is 16.3 Å². The summed E-state index contributed by atoms with van der Waals surface area (Å²) in [6.45, 7) is 1.04. The van der Waals surface area contributed by atoms with Gasteiger partial charge in [-0.25, -0.2) is 13.2 Å². The van der Waals surface area contributed by atoms with Crippen LogP contribution in [0.25, 0.3) is 10.6 Å². The van der Waals surface area contributed by atoms with Gasteiger partial charge in [0.05, 0.1) is 5.56 Å². The van der Waals surface area contributed by atoms with E-state index in [1.54, 1.807) is 9.47 Å². The molecule has 2 aliphatic heterocycles.